The van der Waals surface area contributed by atoms with Crippen molar-refractivity contribution in [2.45, 2.75) is 32.6 Å². The fraction of sp³-hybridized carbons (Fsp3) is 0.231. The summed E-state index contributed by atoms with van der Waals surface area (Å²) >= 11 is 4.83. The summed E-state index contributed by atoms with van der Waals surface area (Å²) in [5.74, 6) is 0.729. The molecule has 0 radical (unpaired) electrons. The molecule has 4 aromatic rings. The number of fused-ring (bicyclic) bond motifs is 3. The number of hydrogen-bond acceptors (Lipinski definition) is 6. The van der Waals surface area contributed by atoms with Gasteiger partial charge in [0.15, 0.2) is 0 Å². The van der Waals surface area contributed by atoms with Crippen molar-refractivity contribution in [1.82, 2.24) is 0 Å². The van der Waals surface area contributed by atoms with Crippen molar-refractivity contribution in [1.29, 1.82) is 0 Å². The highest BCUT2D eigenvalue weighted by Crippen LogP contribution is 2.40. The summed E-state index contributed by atoms with van der Waals surface area (Å²) in [6.45, 7) is 2.06. The molecule has 0 amide bonds. The number of esters is 1. The van der Waals surface area contributed by atoms with E-state index in [1.165, 1.54) is 11.3 Å². The maximum Gasteiger partial charge on any atom is 0.341 e. The molecule has 0 saturated carbocycles. The first-order chi connectivity index (χ1) is 16.1. The van der Waals surface area contributed by atoms with Crippen molar-refractivity contribution in [2.75, 3.05) is 6.61 Å². The number of phenols is 1. The molecular formula is C26H22BrNO4S. The van der Waals surface area contributed by atoms with Gasteiger partial charge in [0.25, 0.3) is 0 Å². The van der Waals surface area contributed by atoms with Gasteiger partial charge in [0, 0.05) is 44.6 Å². The summed E-state index contributed by atoms with van der Waals surface area (Å²) in [5, 5.41) is 14.0. The fourth-order valence-electron chi connectivity index (χ4n) is 4.31. The lowest BCUT2D eigenvalue weighted by molar-refractivity contribution is 0.0529. The lowest BCUT2D eigenvalue weighted by Gasteiger charge is -2.10. The summed E-state index contributed by atoms with van der Waals surface area (Å²) in [5.41, 5.74) is 4.65. The number of furan rings is 1. The van der Waals surface area contributed by atoms with Crippen LogP contribution in [0.1, 0.15) is 47.0 Å². The molecule has 1 aliphatic carbocycles. The Morgan fingerprint density at radius 1 is 1.21 bits per heavy atom. The monoisotopic (exact) mass is 523 g/mol. The molecule has 2 heterocycles. The van der Waals surface area contributed by atoms with Crippen molar-refractivity contribution >= 4 is 55.4 Å². The Bertz CT molecular complexity index is 1370. The summed E-state index contributed by atoms with van der Waals surface area (Å²) in [6.07, 6.45) is 5.69. The van der Waals surface area contributed by atoms with Gasteiger partial charge in [0.2, 0.25) is 0 Å². The van der Waals surface area contributed by atoms with Gasteiger partial charge < -0.3 is 14.3 Å². The predicted molar refractivity (Wildman–Crippen MR) is 135 cm³/mol. The molecule has 1 aliphatic rings. The Labute approximate surface area is 203 Å². The van der Waals surface area contributed by atoms with Crippen LogP contribution >= 0.6 is 27.3 Å². The van der Waals surface area contributed by atoms with E-state index in [9.17, 15) is 9.90 Å². The molecule has 168 valence electrons. The molecule has 0 spiro atoms. The number of carbonyl (C=O) groups excluding carboxylic acids is 1. The minimum Gasteiger partial charge on any atom is -0.507 e. The van der Waals surface area contributed by atoms with E-state index < -0.39 is 5.97 Å². The Balaban J connectivity index is 1.61. The molecule has 0 saturated heterocycles. The zero-order valence-corrected chi connectivity index (χ0v) is 20.5. The van der Waals surface area contributed by atoms with Gasteiger partial charge in [0.05, 0.1) is 6.61 Å². The van der Waals surface area contributed by atoms with Crippen LogP contribution in [0, 0.1) is 0 Å². The topological polar surface area (TPSA) is 72.0 Å². The van der Waals surface area contributed by atoms with Crippen molar-refractivity contribution < 1.29 is 19.1 Å². The molecule has 5 nitrogen and oxygen atoms in total. The zero-order valence-electron chi connectivity index (χ0n) is 18.1. The van der Waals surface area contributed by atoms with Crippen LogP contribution in [0.5, 0.6) is 5.75 Å². The van der Waals surface area contributed by atoms with E-state index in [1.54, 1.807) is 25.3 Å². The smallest absolute Gasteiger partial charge is 0.341 e. The summed E-state index contributed by atoms with van der Waals surface area (Å²) < 4.78 is 12.4. The van der Waals surface area contributed by atoms with Crippen molar-refractivity contribution in [3.8, 4) is 16.9 Å². The van der Waals surface area contributed by atoms with Crippen molar-refractivity contribution in [3.63, 3.8) is 0 Å². The van der Waals surface area contributed by atoms with Crippen LogP contribution in [-0.2, 0) is 17.6 Å². The second-order valence-corrected chi connectivity index (χ2v) is 9.67. The molecule has 5 rings (SSSR count). The van der Waals surface area contributed by atoms with Crippen LogP contribution in [-0.4, -0.2) is 23.9 Å². The highest BCUT2D eigenvalue weighted by molar-refractivity contribution is 9.10. The third kappa shape index (κ3) is 4.11. The van der Waals surface area contributed by atoms with Gasteiger partial charge in [-0.3, -0.25) is 0 Å². The third-order valence-electron chi connectivity index (χ3n) is 5.85. The Hall–Kier alpha value is -2.90. The standard InChI is InChI=1S/C26H22BrNO4S/c1-2-31-26(30)24-19(15-7-9-16(27)10-8-15)14-33-25(24)28-13-18-20(29)11-12-22-23(18)17-5-3-4-6-21(17)32-22/h7-14,29H,2-6H2,1H3. The lowest BCUT2D eigenvalue weighted by Crippen LogP contribution is -2.05. The van der Waals surface area contributed by atoms with Crippen LogP contribution in [0.3, 0.4) is 0 Å². The van der Waals surface area contributed by atoms with E-state index in [4.69, 9.17) is 9.15 Å². The normalized spacial score (nSPS) is 13.5. The largest absolute Gasteiger partial charge is 0.507 e. The Morgan fingerprint density at radius 2 is 2.00 bits per heavy atom. The van der Waals surface area contributed by atoms with Gasteiger partial charge in [-0.2, -0.15) is 0 Å². The number of benzene rings is 2. The lowest BCUT2D eigenvalue weighted by atomic mass is 9.94. The second-order valence-electron chi connectivity index (χ2n) is 7.90. The number of hydrogen-bond donors (Lipinski definition) is 1. The van der Waals surface area contributed by atoms with Gasteiger partial charge in [-0.05, 0) is 56.0 Å². The van der Waals surface area contributed by atoms with E-state index in [0.29, 0.717) is 16.1 Å². The molecule has 0 atom stereocenters. The SMILES string of the molecule is CCOC(=O)c1c(-c2ccc(Br)cc2)csc1N=Cc1c(O)ccc2oc3c(c12)CCCC3. The number of aromatic hydroxyl groups is 1. The number of nitrogens with zero attached hydrogens (tertiary/aromatic N) is 1. The number of phenolic OH excluding ortho intramolecular Hbond substituents is 1. The van der Waals surface area contributed by atoms with Crippen LogP contribution in [0.25, 0.3) is 22.1 Å². The Morgan fingerprint density at radius 3 is 2.79 bits per heavy atom. The summed E-state index contributed by atoms with van der Waals surface area (Å²) in [4.78, 5) is 17.5. The molecule has 33 heavy (non-hydrogen) atoms. The molecule has 2 aromatic carbocycles. The van der Waals surface area contributed by atoms with Gasteiger partial charge in [-0.25, -0.2) is 9.79 Å². The molecule has 0 fully saturated rings. The van der Waals surface area contributed by atoms with Crippen LogP contribution < -0.4 is 0 Å². The van der Waals surface area contributed by atoms with E-state index >= 15 is 0 Å². The van der Waals surface area contributed by atoms with Crippen LogP contribution in [0.2, 0.25) is 0 Å². The van der Waals surface area contributed by atoms with Gasteiger partial charge in [0.1, 0.15) is 27.7 Å². The Kier molecular flexibility index (Phi) is 6.08. The first-order valence-corrected chi connectivity index (χ1v) is 12.6. The van der Waals surface area contributed by atoms with E-state index in [2.05, 4.69) is 20.9 Å². The maximum atomic E-state index is 12.9. The predicted octanol–water partition coefficient (Wildman–Crippen LogP) is 7.44. The van der Waals surface area contributed by atoms with Crippen molar-refractivity contribution in [2.24, 2.45) is 4.99 Å². The van der Waals surface area contributed by atoms with E-state index in [-0.39, 0.29) is 12.4 Å². The average Bonchev–Trinajstić information content (AvgIpc) is 3.41. The minimum absolute atomic E-state index is 0.141. The molecule has 0 unspecified atom stereocenters. The summed E-state index contributed by atoms with van der Waals surface area (Å²) in [7, 11) is 0. The van der Waals surface area contributed by atoms with Gasteiger partial charge in [-0.1, -0.05) is 28.1 Å². The number of ether oxygens (including phenoxy) is 1. The second kappa shape index (κ2) is 9.15. The molecule has 1 N–H and O–H groups in total. The van der Waals surface area contributed by atoms with Crippen molar-refractivity contribution in [3.05, 3.63) is 68.7 Å². The first-order valence-electron chi connectivity index (χ1n) is 10.9. The molecular weight excluding hydrogens is 502 g/mol. The number of halogens is 1. The number of aryl methyl sites for hydroxylation is 2. The van der Waals surface area contributed by atoms with Gasteiger partial charge >= 0.3 is 5.97 Å². The first kappa shape index (κ1) is 21.9. The minimum atomic E-state index is -0.410. The summed E-state index contributed by atoms with van der Waals surface area (Å²) in [6, 6.07) is 11.2. The van der Waals surface area contributed by atoms with Gasteiger partial charge in [-0.15, -0.1) is 11.3 Å². The third-order valence-corrected chi connectivity index (χ3v) is 7.27. The maximum absolute atomic E-state index is 12.9. The molecule has 0 aliphatic heterocycles. The number of rotatable bonds is 5. The molecule has 0 bridgehead atoms. The van der Waals surface area contributed by atoms with Crippen LogP contribution in [0.4, 0.5) is 5.00 Å². The zero-order chi connectivity index (χ0) is 22.9. The molecule has 2 aromatic heterocycles. The fourth-order valence-corrected chi connectivity index (χ4v) is 5.48. The number of carbonyl (C=O) groups is 1. The highest BCUT2D eigenvalue weighted by atomic mass is 79.9. The quantitative estimate of drug-likeness (QED) is 0.218. The number of aliphatic imine (C=N–C) groups is 1. The average molecular weight is 524 g/mol. The van der Waals surface area contributed by atoms with E-state index in [0.717, 1.165) is 63.6 Å². The molecule has 7 heteroatoms. The van der Waals surface area contributed by atoms with E-state index in [1.807, 2.05) is 29.6 Å². The highest BCUT2D eigenvalue weighted by Gasteiger charge is 2.23. The van der Waals surface area contributed by atoms with Crippen LogP contribution in [0.15, 0.2) is 55.7 Å². The number of thiophene rings is 1.